The summed E-state index contributed by atoms with van der Waals surface area (Å²) in [6.07, 6.45) is 0. The third kappa shape index (κ3) is 2.20. The minimum atomic E-state index is -0.366. The summed E-state index contributed by atoms with van der Waals surface area (Å²) < 4.78 is 12.6. The minimum Gasteiger partial charge on any atom is -0.384 e. The van der Waals surface area contributed by atoms with Crippen molar-refractivity contribution in [1.29, 1.82) is 0 Å². The molecule has 0 saturated carbocycles. The van der Waals surface area contributed by atoms with E-state index in [-0.39, 0.29) is 18.5 Å². The molecule has 2 heterocycles. The highest BCUT2D eigenvalue weighted by Gasteiger charge is 2.54. The van der Waals surface area contributed by atoms with E-state index in [9.17, 15) is 0 Å². The molecular formula is C19H22BNO2. The SMILES string of the molecule is CC1(C)OB(N2Cc3ccccc3-c3ccccc32)OC1(C)C. The van der Waals surface area contributed by atoms with Crippen LogP contribution in [0.2, 0.25) is 0 Å². The molecule has 2 aromatic rings. The van der Waals surface area contributed by atoms with Crippen LogP contribution in [0.1, 0.15) is 33.3 Å². The summed E-state index contributed by atoms with van der Waals surface area (Å²) in [4.78, 5) is 2.23. The van der Waals surface area contributed by atoms with Gasteiger partial charge < -0.3 is 14.1 Å². The van der Waals surface area contributed by atoms with Gasteiger partial charge in [-0.1, -0.05) is 42.5 Å². The second-order valence-electron chi connectivity index (χ2n) is 7.37. The van der Waals surface area contributed by atoms with Gasteiger partial charge in [0.2, 0.25) is 0 Å². The zero-order valence-corrected chi connectivity index (χ0v) is 14.2. The van der Waals surface area contributed by atoms with Gasteiger partial charge in [0.1, 0.15) is 0 Å². The fraction of sp³-hybridized carbons (Fsp3) is 0.368. The van der Waals surface area contributed by atoms with Crippen molar-refractivity contribution in [2.75, 3.05) is 4.81 Å². The maximum atomic E-state index is 6.28. The van der Waals surface area contributed by atoms with Crippen molar-refractivity contribution >= 4 is 12.9 Å². The first-order chi connectivity index (χ1) is 10.9. The molecule has 2 aliphatic rings. The number of anilines is 1. The Hall–Kier alpha value is -1.78. The van der Waals surface area contributed by atoms with Crippen molar-refractivity contribution in [3.63, 3.8) is 0 Å². The fourth-order valence-electron chi connectivity index (χ4n) is 3.27. The summed E-state index contributed by atoms with van der Waals surface area (Å²) in [5.41, 5.74) is 4.36. The van der Waals surface area contributed by atoms with E-state index in [0.717, 1.165) is 6.54 Å². The number of rotatable bonds is 1. The Kier molecular flexibility index (Phi) is 3.13. The Labute approximate surface area is 138 Å². The summed E-state index contributed by atoms with van der Waals surface area (Å²) in [6, 6.07) is 17.0. The van der Waals surface area contributed by atoms with Crippen LogP contribution in [0.15, 0.2) is 48.5 Å². The summed E-state index contributed by atoms with van der Waals surface area (Å²) in [7, 11) is -0.366. The lowest BCUT2D eigenvalue weighted by Gasteiger charge is -2.34. The lowest BCUT2D eigenvalue weighted by atomic mass is 9.88. The molecule has 0 N–H and O–H groups in total. The monoisotopic (exact) mass is 307 g/mol. The van der Waals surface area contributed by atoms with Crippen LogP contribution in [-0.2, 0) is 15.9 Å². The standard InChI is InChI=1S/C19H22BNO2/c1-18(2)19(3,4)23-20(22-18)21-13-14-9-5-6-10-15(14)16-11-7-8-12-17(16)21/h5-12H,13H2,1-4H3. The van der Waals surface area contributed by atoms with E-state index >= 15 is 0 Å². The Morgan fingerprint density at radius 1 is 0.826 bits per heavy atom. The molecule has 118 valence electrons. The van der Waals surface area contributed by atoms with Crippen molar-refractivity contribution in [2.24, 2.45) is 0 Å². The van der Waals surface area contributed by atoms with Crippen LogP contribution in [0.3, 0.4) is 0 Å². The summed E-state index contributed by atoms with van der Waals surface area (Å²) in [5.74, 6) is 0. The van der Waals surface area contributed by atoms with Crippen LogP contribution >= 0.6 is 0 Å². The minimum absolute atomic E-state index is 0.330. The van der Waals surface area contributed by atoms with Crippen molar-refractivity contribution in [2.45, 2.75) is 45.4 Å². The molecule has 0 bridgehead atoms. The molecule has 0 spiro atoms. The second kappa shape index (κ2) is 4.86. The first-order valence-electron chi connectivity index (χ1n) is 8.19. The largest absolute Gasteiger partial charge is 0.594 e. The van der Waals surface area contributed by atoms with Gasteiger partial charge >= 0.3 is 7.25 Å². The summed E-state index contributed by atoms with van der Waals surface area (Å²) in [5, 5.41) is 0. The third-order valence-electron chi connectivity index (χ3n) is 5.36. The molecule has 2 aromatic carbocycles. The van der Waals surface area contributed by atoms with E-state index in [1.165, 1.54) is 22.4 Å². The van der Waals surface area contributed by atoms with Gasteiger partial charge in [0.15, 0.2) is 0 Å². The maximum Gasteiger partial charge on any atom is 0.594 e. The smallest absolute Gasteiger partial charge is 0.384 e. The lowest BCUT2D eigenvalue weighted by molar-refractivity contribution is 0.00578. The highest BCUT2D eigenvalue weighted by molar-refractivity contribution is 6.51. The number of hydrogen-bond acceptors (Lipinski definition) is 3. The Bertz CT molecular complexity index is 741. The van der Waals surface area contributed by atoms with Gasteiger partial charge in [-0.2, -0.15) is 0 Å². The predicted octanol–water partition coefficient (Wildman–Crippen LogP) is 4.26. The van der Waals surface area contributed by atoms with Crippen molar-refractivity contribution in [3.8, 4) is 11.1 Å². The van der Waals surface area contributed by atoms with E-state index in [1.807, 2.05) is 0 Å². The first kappa shape index (κ1) is 14.8. The van der Waals surface area contributed by atoms with E-state index in [2.05, 4.69) is 81.0 Å². The summed E-state index contributed by atoms with van der Waals surface area (Å²) >= 11 is 0. The fourth-order valence-corrected chi connectivity index (χ4v) is 3.27. The second-order valence-corrected chi connectivity index (χ2v) is 7.37. The van der Waals surface area contributed by atoms with Crippen LogP contribution in [0.25, 0.3) is 11.1 Å². The molecule has 0 unspecified atom stereocenters. The average Bonchev–Trinajstić information content (AvgIpc) is 2.74. The maximum absolute atomic E-state index is 6.28. The molecule has 4 rings (SSSR count). The molecule has 4 heteroatoms. The predicted molar refractivity (Wildman–Crippen MR) is 94.1 cm³/mol. The average molecular weight is 307 g/mol. The molecule has 0 amide bonds. The van der Waals surface area contributed by atoms with Gasteiger partial charge in [-0.3, -0.25) is 0 Å². The Morgan fingerprint density at radius 3 is 2.09 bits per heavy atom. The van der Waals surface area contributed by atoms with Gasteiger partial charge in [0, 0.05) is 17.8 Å². The third-order valence-corrected chi connectivity index (χ3v) is 5.36. The van der Waals surface area contributed by atoms with Gasteiger partial charge in [-0.15, -0.1) is 0 Å². The Morgan fingerprint density at radius 2 is 1.39 bits per heavy atom. The molecule has 0 aliphatic carbocycles. The first-order valence-corrected chi connectivity index (χ1v) is 8.19. The number of benzene rings is 2. The van der Waals surface area contributed by atoms with Crippen LogP contribution < -0.4 is 4.81 Å². The normalized spacial score (nSPS) is 21.0. The van der Waals surface area contributed by atoms with Crippen molar-refractivity contribution in [3.05, 3.63) is 54.1 Å². The zero-order chi connectivity index (χ0) is 16.2. The number of para-hydroxylation sites is 1. The molecule has 1 fully saturated rings. The van der Waals surface area contributed by atoms with E-state index < -0.39 is 0 Å². The number of hydrogen-bond donors (Lipinski definition) is 0. The van der Waals surface area contributed by atoms with Gasteiger partial charge in [0.05, 0.1) is 11.2 Å². The number of fused-ring (bicyclic) bond motifs is 3. The van der Waals surface area contributed by atoms with Crippen molar-refractivity contribution in [1.82, 2.24) is 0 Å². The zero-order valence-electron chi connectivity index (χ0n) is 14.2. The van der Waals surface area contributed by atoms with Gasteiger partial charge in [-0.05, 0) is 44.9 Å². The molecule has 3 nitrogen and oxygen atoms in total. The highest BCUT2D eigenvalue weighted by Crippen LogP contribution is 2.44. The molecule has 1 saturated heterocycles. The quantitative estimate of drug-likeness (QED) is 0.735. The molecule has 0 radical (unpaired) electrons. The number of nitrogens with zero attached hydrogens (tertiary/aromatic N) is 1. The summed E-state index contributed by atoms with van der Waals surface area (Å²) in [6.45, 7) is 9.17. The van der Waals surface area contributed by atoms with Crippen LogP contribution in [0.5, 0.6) is 0 Å². The highest BCUT2D eigenvalue weighted by atomic mass is 16.7. The molecule has 0 aromatic heterocycles. The molecule has 23 heavy (non-hydrogen) atoms. The van der Waals surface area contributed by atoms with Crippen molar-refractivity contribution < 1.29 is 9.31 Å². The molecule has 0 atom stereocenters. The lowest BCUT2D eigenvalue weighted by Crippen LogP contribution is -2.43. The topological polar surface area (TPSA) is 21.7 Å². The van der Waals surface area contributed by atoms with Gasteiger partial charge in [-0.25, -0.2) is 0 Å². The Balaban J connectivity index is 1.78. The van der Waals surface area contributed by atoms with Crippen LogP contribution in [0.4, 0.5) is 5.69 Å². The van der Waals surface area contributed by atoms with Crippen LogP contribution in [-0.4, -0.2) is 18.5 Å². The van der Waals surface area contributed by atoms with E-state index in [4.69, 9.17) is 9.31 Å². The molecule has 2 aliphatic heterocycles. The van der Waals surface area contributed by atoms with E-state index in [1.54, 1.807) is 0 Å². The van der Waals surface area contributed by atoms with E-state index in [0.29, 0.717) is 0 Å². The van der Waals surface area contributed by atoms with Gasteiger partial charge in [0.25, 0.3) is 0 Å². The molecular weight excluding hydrogens is 285 g/mol. The van der Waals surface area contributed by atoms with Crippen LogP contribution in [0, 0.1) is 0 Å².